The molecule has 224 valence electrons. The van der Waals surface area contributed by atoms with Crippen molar-refractivity contribution >= 4 is 23.3 Å². The van der Waals surface area contributed by atoms with Crippen LogP contribution < -0.4 is 10.2 Å². The van der Waals surface area contributed by atoms with Gasteiger partial charge in [0.25, 0.3) is 5.91 Å². The summed E-state index contributed by atoms with van der Waals surface area (Å²) in [6.45, 7) is 5.52. The van der Waals surface area contributed by atoms with E-state index in [1.165, 1.54) is 11.1 Å². The highest BCUT2D eigenvalue weighted by Crippen LogP contribution is 2.40. The Hall–Kier alpha value is -3.17. The molecule has 1 N–H and O–H groups in total. The lowest BCUT2D eigenvalue weighted by Gasteiger charge is -2.38. The van der Waals surface area contributed by atoms with Crippen LogP contribution >= 0.6 is 11.6 Å². The van der Waals surface area contributed by atoms with Gasteiger partial charge in [-0.2, -0.15) is 13.2 Å². The van der Waals surface area contributed by atoms with Crippen LogP contribution in [0.2, 0.25) is 5.02 Å². The van der Waals surface area contributed by atoms with Crippen LogP contribution in [0.1, 0.15) is 66.6 Å². The number of pyridine rings is 1. The zero-order valence-corrected chi connectivity index (χ0v) is 24.5. The molecule has 1 atom stereocenters. The Morgan fingerprint density at radius 3 is 2.55 bits per heavy atom. The van der Waals surface area contributed by atoms with Crippen LogP contribution in [0, 0.1) is 0 Å². The molecule has 1 saturated heterocycles. The fourth-order valence-corrected chi connectivity index (χ4v) is 6.10. The average molecular weight is 603 g/mol. The quantitative estimate of drug-likeness (QED) is 0.255. The van der Waals surface area contributed by atoms with Crippen LogP contribution in [0.25, 0.3) is 11.1 Å². The predicted octanol–water partition coefficient (Wildman–Crippen LogP) is 7.66. The molecule has 1 fully saturated rings. The molecule has 0 radical (unpaired) electrons. The minimum atomic E-state index is -4.62. The smallest absolute Gasteiger partial charge is 0.356 e. The fourth-order valence-electron chi connectivity index (χ4n) is 5.91. The number of anilines is 1. The van der Waals surface area contributed by atoms with Crippen molar-refractivity contribution in [3.05, 3.63) is 82.0 Å². The summed E-state index contributed by atoms with van der Waals surface area (Å²) in [5.74, 6) is -0.125. The summed E-state index contributed by atoms with van der Waals surface area (Å²) in [6.07, 6.45) is -1.09. The molecule has 0 saturated carbocycles. The highest BCUT2D eigenvalue weighted by Gasteiger charge is 2.40. The molecule has 42 heavy (non-hydrogen) atoms. The molecule has 3 aromatic rings. The van der Waals surface area contributed by atoms with Gasteiger partial charge < -0.3 is 15.1 Å². The van der Waals surface area contributed by atoms with E-state index in [4.69, 9.17) is 11.6 Å². The second kappa shape index (κ2) is 12.2. The molecule has 0 bridgehead atoms. The second-order valence-corrected chi connectivity index (χ2v) is 11.8. The molecule has 5 rings (SSSR count). The number of benzene rings is 2. The number of rotatable bonds is 9. The Morgan fingerprint density at radius 2 is 1.86 bits per heavy atom. The first-order valence-corrected chi connectivity index (χ1v) is 14.8. The van der Waals surface area contributed by atoms with Crippen molar-refractivity contribution in [3.63, 3.8) is 0 Å². The van der Waals surface area contributed by atoms with Gasteiger partial charge in [-0.05, 0) is 54.3 Å². The Balaban J connectivity index is 1.19. The first kappa shape index (κ1) is 30.3. The topological polar surface area (TPSA) is 48.5 Å². The van der Waals surface area contributed by atoms with Crippen molar-refractivity contribution in [3.8, 4) is 11.1 Å². The van der Waals surface area contributed by atoms with Gasteiger partial charge in [0.1, 0.15) is 11.5 Å². The molecule has 5 nitrogen and oxygen atoms in total. The van der Waals surface area contributed by atoms with E-state index in [0.717, 1.165) is 35.6 Å². The zero-order chi connectivity index (χ0) is 30.1. The zero-order valence-electron chi connectivity index (χ0n) is 23.8. The number of amides is 1. The van der Waals surface area contributed by atoms with Gasteiger partial charge in [-0.3, -0.25) is 4.79 Å². The third kappa shape index (κ3) is 6.57. The van der Waals surface area contributed by atoms with Crippen molar-refractivity contribution in [2.24, 2.45) is 0 Å². The Labute approximate surface area is 248 Å². The SMILES string of the molecule is CCCC(C)N1Cc2cc(CNCC3(F)CCN(c4ncc(-c5cccc(Cl)c5)cc4C(F)(F)F)CC3)ccc2C1=O. The van der Waals surface area contributed by atoms with E-state index < -0.39 is 17.4 Å². The largest absolute Gasteiger partial charge is 0.419 e. The normalized spacial score (nSPS) is 17.5. The number of fused-ring (bicyclic) bond motifs is 1. The molecule has 1 aromatic heterocycles. The molecular formula is C32H35ClF4N4O. The summed E-state index contributed by atoms with van der Waals surface area (Å²) in [4.78, 5) is 20.4. The number of carbonyl (C=O) groups is 1. The number of alkyl halides is 4. The maximum atomic E-state index is 15.7. The minimum absolute atomic E-state index is 0.0576. The highest BCUT2D eigenvalue weighted by molar-refractivity contribution is 6.30. The lowest BCUT2D eigenvalue weighted by molar-refractivity contribution is -0.137. The van der Waals surface area contributed by atoms with Crippen LogP contribution in [0.4, 0.5) is 23.4 Å². The predicted molar refractivity (Wildman–Crippen MR) is 157 cm³/mol. The molecular weight excluding hydrogens is 568 g/mol. The highest BCUT2D eigenvalue weighted by atomic mass is 35.5. The summed E-state index contributed by atoms with van der Waals surface area (Å²) < 4.78 is 57.9. The van der Waals surface area contributed by atoms with E-state index in [0.29, 0.717) is 29.2 Å². The lowest BCUT2D eigenvalue weighted by Crippen LogP contribution is -2.47. The number of piperidine rings is 1. The fraction of sp³-hybridized carbons (Fsp3) is 0.438. The molecule has 2 aliphatic heterocycles. The average Bonchev–Trinajstić information content (AvgIpc) is 3.28. The van der Waals surface area contributed by atoms with Crippen LogP contribution in [-0.2, 0) is 19.3 Å². The second-order valence-electron chi connectivity index (χ2n) is 11.4. The van der Waals surface area contributed by atoms with Crippen LogP contribution in [0.5, 0.6) is 0 Å². The van der Waals surface area contributed by atoms with Gasteiger partial charge in [0.2, 0.25) is 0 Å². The van der Waals surface area contributed by atoms with Crippen LogP contribution in [-0.4, -0.2) is 47.1 Å². The van der Waals surface area contributed by atoms with Gasteiger partial charge in [0.05, 0.1) is 5.56 Å². The molecule has 0 spiro atoms. The molecule has 2 aromatic carbocycles. The molecule has 0 aliphatic carbocycles. The van der Waals surface area contributed by atoms with Crippen molar-refractivity contribution in [2.45, 2.75) is 70.5 Å². The van der Waals surface area contributed by atoms with Gasteiger partial charge in [0.15, 0.2) is 0 Å². The van der Waals surface area contributed by atoms with E-state index >= 15 is 4.39 Å². The van der Waals surface area contributed by atoms with E-state index in [2.05, 4.69) is 24.1 Å². The number of nitrogens with one attached hydrogen (secondary N) is 1. The van der Waals surface area contributed by atoms with Gasteiger partial charge >= 0.3 is 6.18 Å². The Kier molecular flexibility index (Phi) is 8.81. The molecule has 10 heteroatoms. The van der Waals surface area contributed by atoms with Gasteiger partial charge in [-0.1, -0.05) is 49.2 Å². The third-order valence-corrected chi connectivity index (χ3v) is 8.54. The maximum Gasteiger partial charge on any atom is 0.419 e. The molecule has 1 amide bonds. The van der Waals surface area contributed by atoms with Gasteiger partial charge in [0, 0.05) is 74.0 Å². The van der Waals surface area contributed by atoms with E-state index in [1.807, 2.05) is 23.1 Å². The van der Waals surface area contributed by atoms with Crippen LogP contribution in [0.3, 0.4) is 0 Å². The third-order valence-electron chi connectivity index (χ3n) is 8.30. The first-order valence-electron chi connectivity index (χ1n) is 14.4. The summed E-state index contributed by atoms with van der Waals surface area (Å²) in [7, 11) is 0. The van der Waals surface area contributed by atoms with Crippen molar-refractivity contribution < 1.29 is 22.4 Å². The summed E-state index contributed by atoms with van der Waals surface area (Å²) in [5, 5.41) is 3.61. The van der Waals surface area contributed by atoms with Crippen LogP contribution in [0.15, 0.2) is 54.7 Å². The number of hydrogen-bond donors (Lipinski definition) is 1. The lowest BCUT2D eigenvalue weighted by atomic mass is 9.92. The van der Waals surface area contributed by atoms with E-state index in [-0.39, 0.29) is 50.2 Å². The van der Waals surface area contributed by atoms with E-state index in [9.17, 15) is 18.0 Å². The van der Waals surface area contributed by atoms with Gasteiger partial charge in [-0.15, -0.1) is 0 Å². The number of nitrogens with zero attached hydrogens (tertiary/aromatic N) is 3. The number of hydrogen-bond acceptors (Lipinski definition) is 4. The minimum Gasteiger partial charge on any atom is -0.356 e. The van der Waals surface area contributed by atoms with Crippen molar-refractivity contribution in [1.82, 2.24) is 15.2 Å². The standard InChI is InChI=1S/C32H35ClF4N4O/c1-3-5-21(2)41-19-25-14-22(8-9-27(25)30(41)42)17-38-20-31(34)10-12-40(13-11-31)29-28(32(35,36)37)16-24(18-39-29)23-6-4-7-26(33)15-23/h4,6-9,14-16,18,21,38H,3,5,10-13,17,19-20H2,1-2H3. The van der Waals surface area contributed by atoms with Crippen molar-refractivity contribution in [2.75, 3.05) is 24.5 Å². The summed E-state index contributed by atoms with van der Waals surface area (Å²) in [6, 6.07) is 13.6. The molecule has 2 aliphatic rings. The monoisotopic (exact) mass is 602 g/mol. The van der Waals surface area contributed by atoms with Crippen molar-refractivity contribution in [1.29, 1.82) is 0 Å². The van der Waals surface area contributed by atoms with Gasteiger partial charge in [-0.25, -0.2) is 9.37 Å². The number of aromatic nitrogens is 1. The molecule has 1 unspecified atom stereocenters. The number of halogens is 5. The Morgan fingerprint density at radius 1 is 1.10 bits per heavy atom. The maximum absolute atomic E-state index is 15.7. The summed E-state index contributed by atoms with van der Waals surface area (Å²) in [5.41, 5.74) is 1.14. The summed E-state index contributed by atoms with van der Waals surface area (Å²) >= 11 is 6.02. The Bertz CT molecular complexity index is 1440. The van der Waals surface area contributed by atoms with E-state index in [1.54, 1.807) is 24.3 Å². The number of carbonyl (C=O) groups excluding carboxylic acids is 1. The first-order chi connectivity index (χ1) is 20.0. The molecule has 3 heterocycles.